The molecule has 0 radical (unpaired) electrons. The van der Waals surface area contributed by atoms with Crippen molar-refractivity contribution in [3.05, 3.63) is 82.1 Å². The molecule has 2 heterocycles. The Morgan fingerprint density at radius 1 is 1.03 bits per heavy atom. The van der Waals surface area contributed by atoms with Crippen molar-refractivity contribution < 1.29 is 18.7 Å². The Morgan fingerprint density at radius 2 is 1.81 bits per heavy atom. The molecule has 6 nitrogen and oxygen atoms in total. The molecule has 3 aromatic rings. The number of imide groups is 1. The van der Waals surface area contributed by atoms with E-state index in [-0.39, 0.29) is 17.1 Å². The molecular weight excluding hydrogens is 399 g/mol. The van der Waals surface area contributed by atoms with E-state index in [1.54, 1.807) is 36.4 Å². The van der Waals surface area contributed by atoms with Gasteiger partial charge < -0.3 is 9.72 Å². The third-order valence-corrected chi connectivity index (χ3v) is 5.90. The van der Waals surface area contributed by atoms with E-state index in [9.17, 15) is 18.8 Å². The average molecular weight is 420 g/mol. The minimum absolute atomic E-state index is 0.109. The molecule has 0 atom stereocenters. The highest BCUT2D eigenvalue weighted by Gasteiger charge is 2.35. The Balaban J connectivity index is 1.78. The first-order valence-electron chi connectivity index (χ1n) is 10.1. The number of nitrogens with one attached hydrogen (secondary N) is 2. The number of ether oxygens (including phenoxy) is 1. The van der Waals surface area contributed by atoms with Crippen molar-refractivity contribution in [1.82, 2.24) is 10.3 Å². The molecule has 1 aliphatic heterocycles. The molecule has 1 fully saturated rings. The summed E-state index contributed by atoms with van der Waals surface area (Å²) in [6.45, 7) is 3.80. The van der Waals surface area contributed by atoms with E-state index in [1.165, 1.54) is 6.07 Å². The number of hydrogen-bond acceptors (Lipinski definition) is 4. The van der Waals surface area contributed by atoms with Gasteiger partial charge in [-0.25, -0.2) is 9.18 Å². The van der Waals surface area contributed by atoms with E-state index < -0.39 is 17.4 Å². The third kappa shape index (κ3) is 3.63. The second-order valence-corrected chi connectivity index (χ2v) is 7.51. The Labute approximate surface area is 177 Å². The maximum atomic E-state index is 14.2. The first-order valence-corrected chi connectivity index (χ1v) is 10.1. The van der Waals surface area contributed by atoms with Crippen LogP contribution in [0.4, 0.5) is 9.18 Å². The normalized spacial score (nSPS) is 15.4. The first-order chi connectivity index (χ1) is 14.9. The minimum Gasteiger partial charge on any atom is -0.404 e. The molecule has 2 aromatic carbocycles. The number of H-pyrrole nitrogens is 1. The lowest BCUT2D eigenvalue weighted by Crippen LogP contribution is -2.31. The van der Waals surface area contributed by atoms with Crippen LogP contribution in [0.25, 0.3) is 22.0 Å². The topological polar surface area (TPSA) is 88.3 Å². The molecule has 0 unspecified atom stereocenters. The number of aromatic nitrogens is 1. The Kier molecular flexibility index (Phi) is 5.19. The average Bonchev–Trinajstić information content (AvgIpc) is 3.08. The van der Waals surface area contributed by atoms with E-state index in [1.807, 2.05) is 26.0 Å². The molecule has 2 amide bonds. The van der Waals surface area contributed by atoms with Gasteiger partial charge in [-0.2, -0.15) is 0 Å². The van der Waals surface area contributed by atoms with E-state index >= 15 is 0 Å². The standard InChI is InChI=1S/C24H21FN2O4/c1-3-24(4-2,13-20-22(29)27-23(30)31-20)17-10-11-19(26-21(17)28)15-9-8-14-6-5-7-18(25)16(14)12-15/h5-13H,3-4H2,1-2H3,(H,26,28)(H,27,29,30). The number of hydrogen-bond donors (Lipinski definition) is 2. The van der Waals surface area contributed by atoms with Crippen LogP contribution in [-0.4, -0.2) is 17.0 Å². The number of carbonyl (C=O) groups is 2. The van der Waals surface area contributed by atoms with Gasteiger partial charge >= 0.3 is 6.09 Å². The van der Waals surface area contributed by atoms with Gasteiger partial charge in [-0.3, -0.25) is 14.9 Å². The smallest absolute Gasteiger partial charge is 0.404 e. The summed E-state index contributed by atoms with van der Waals surface area (Å²) in [7, 11) is 0. The highest BCUT2D eigenvalue weighted by atomic mass is 19.1. The third-order valence-electron chi connectivity index (χ3n) is 5.90. The quantitative estimate of drug-likeness (QED) is 0.593. The summed E-state index contributed by atoms with van der Waals surface area (Å²) in [5, 5.41) is 3.31. The molecular formula is C24H21FN2O4. The number of cyclic esters (lactones) is 1. The maximum absolute atomic E-state index is 14.2. The van der Waals surface area contributed by atoms with E-state index in [0.29, 0.717) is 35.0 Å². The van der Waals surface area contributed by atoms with Crippen molar-refractivity contribution in [1.29, 1.82) is 0 Å². The van der Waals surface area contributed by atoms with Crippen LogP contribution in [-0.2, 0) is 14.9 Å². The van der Waals surface area contributed by atoms with Gasteiger partial charge in [0.1, 0.15) is 5.82 Å². The molecule has 2 N–H and O–H groups in total. The Hall–Kier alpha value is -3.74. The maximum Gasteiger partial charge on any atom is 0.419 e. The van der Waals surface area contributed by atoms with Crippen molar-refractivity contribution in [2.24, 2.45) is 0 Å². The number of alkyl carbamates (subject to hydrolysis) is 1. The summed E-state index contributed by atoms with van der Waals surface area (Å²) in [4.78, 5) is 39.2. The van der Waals surface area contributed by atoms with Crippen molar-refractivity contribution in [3.8, 4) is 11.3 Å². The summed E-state index contributed by atoms with van der Waals surface area (Å²) in [6.07, 6.45) is 1.75. The lowest BCUT2D eigenvalue weighted by Gasteiger charge is -2.28. The number of allylic oxidation sites excluding steroid dienone is 1. The molecule has 0 spiro atoms. The van der Waals surface area contributed by atoms with Gasteiger partial charge in [-0.15, -0.1) is 0 Å². The SMILES string of the molecule is CCC(C=C1OC(=O)NC1=O)(CC)c1ccc(-c2ccc3cccc(F)c3c2)[nH]c1=O. The molecule has 1 aromatic heterocycles. The number of rotatable bonds is 5. The molecule has 0 bridgehead atoms. The Morgan fingerprint density at radius 3 is 2.45 bits per heavy atom. The lowest BCUT2D eigenvalue weighted by atomic mass is 9.75. The van der Waals surface area contributed by atoms with Gasteiger partial charge in [0.2, 0.25) is 0 Å². The van der Waals surface area contributed by atoms with Crippen LogP contribution in [0.5, 0.6) is 0 Å². The largest absolute Gasteiger partial charge is 0.419 e. The molecule has 4 rings (SSSR count). The minimum atomic E-state index is -0.829. The fraction of sp³-hybridized carbons (Fsp3) is 0.208. The van der Waals surface area contributed by atoms with E-state index in [4.69, 9.17) is 4.74 Å². The summed E-state index contributed by atoms with van der Waals surface area (Å²) in [5.74, 6) is -1.06. The molecule has 1 saturated heterocycles. The molecule has 158 valence electrons. The first kappa shape index (κ1) is 20.5. The fourth-order valence-electron chi connectivity index (χ4n) is 4.02. The summed E-state index contributed by atoms with van der Waals surface area (Å²) in [5.41, 5.74) is 0.576. The molecule has 0 saturated carbocycles. The Bertz CT molecular complexity index is 1290. The van der Waals surface area contributed by atoms with E-state index in [2.05, 4.69) is 10.3 Å². The van der Waals surface area contributed by atoms with E-state index in [0.717, 1.165) is 5.39 Å². The van der Waals surface area contributed by atoms with Gasteiger partial charge in [0, 0.05) is 22.1 Å². The van der Waals surface area contributed by atoms with Crippen LogP contribution in [0.1, 0.15) is 32.3 Å². The lowest BCUT2D eigenvalue weighted by molar-refractivity contribution is -0.116. The number of halogens is 1. The molecule has 31 heavy (non-hydrogen) atoms. The van der Waals surface area contributed by atoms with Gasteiger partial charge in [-0.1, -0.05) is 44.2 Å². The monoisotopic (exact) mass is 420 g/mol. The summed E-state index contributed by atoms with van der Waals surface area (Å²) < 4.78 is 19.1. The molecule has 1 aliphatic rings. The predicted octanol–water partition coefficient (Wildman–Crippen LogP) is 4.54. The number of fused-ring (bicyclic) bond motifs is 1. The second-order valence-electron chi connectivity index (χ2n) is 7.51. The number of aromatic amines is 1. The zero-order chi connectivity index (χ0) is 22.2. The van der Waals surface area contributed by atoms with Crippen LogP contribution in [0.2, 0.25) is 0 Å². The number of amides is 2. The fourth-order valence-corrected chi connectivity index (χ4v) is 4.02. The van der Waals surface area contributed by atoms with Gasteiger partial charge in [-0.05, 0) is 48.1 Å². The van der Waals surface area contributed by atoms with Crippen LogP contribution in [0, 0.1) is 5.82 Å². The number of benzene rings is 2. The van der Waals surface area contributed by atoms with Gasteiger partial charge in [0.05, 0.1) is 0 Å². The predicted molar refractivity (Wildman–Crippen MR) is 115 cm³/mol. The van der Waals surface area contributed by atoms with Crippen molar-refractivity contribution in [2.45, 2.75) is 32.1 Å². The van der Waals surface area contributed by atoms with Crippen LogP contribution in [0.15, 0.2) is 65.2 Å². The van der Waals surface area contributed by atoms with Gasteiger partial charge in [0.25, 0.3) is 11.5 Å². The van der Waals surface area contributed by atoms with Crippen LogP contribution < -0.4 is 10.9 Å². The molecule has 7 heteroatoms. The van der Waals surface area contributed by atoms with Crippen molar-refractivity contribution >= 4 is 22.8 Å². The highest BCUT2D eigenvalue weighted by molar-refractivity contribution is 6.07. The second kappa shape index (κ2) is 7.83. The zero-order valence-electron chi connectivity index (χ0n) is 17.1. The van der Waals surface area contributed by atoms with Gasteiger partial charge in [0.15, 0.2) is 5.76 Å². The number of pyridine rings is 1. The summed E-state index contributed by atoms with van der Waals surface area (Å²) in [6, 6.07) is 13.7. The zero-order valence-corrected chi connectivity index (χ0v) is 17.1. The van der Waals surface area contributed by atoms with Crippen LogP contribution >= 0.6 is 0 Å². The van der Waals surface area contributed by atoms with Crippen molar-refractivity contribution in [3.63, 3.8) is 0 Å². The van der Waals surface area contributed by atoms with Crippen molar-refractivity contribution in [2.75, 3.05) is 0 Å². The summed E-state index contributed by atoms with van der Waals surface area (Å²) >= 11 is 0. The number of carbonyl (C=O) groups excluding carboxylic acids is 2. The highest BCUT2D eigenvalue weighted by Crippen LogP contribution is 2.34. The molecule has 0 aliphatic carbocycles. The van der Waals surface area contributed by atoms with Crippen LogP contribution in [0.3, 0.4) is 0 Å².